The van der Waals surface area contributed by atoms with E-state index >= 15 is 0 Å². The summed E-state index contributed by atoms with van der Waals surface area (Å²) in [6, 6.07) is 10.2. The topological polar surface area (TPSA) is 97.5 Å². The molecule has 1 aromatic carbocycles. The molecule has 7 nitrogen and oxygen atoms in total. The van der Waals surface area contributed by atoms with Gasteiger partial charge < -0.3 is 19.7 Å². The highest BCUT2D eigenvalue weighted by Crippen LogP contribution is 2.29. The SMILES string of the molecule is O=C(NCCc1ccncc1)Oc1nocc1-c1ccc(O)cc1. The molecule has 0 spiro atoms. The molecule has 1 amide bonds. The lowest BCUT2D eigenvalue weighted by Gasteiger charge is -2.06. The number of phenols is 1. The highest BCUT2D eigenvalue weighted by Gasteiger charge is 2.15. The molecule has 3 aromatic rings. The smallest absolute Gasteiger partial charge is 0.414 e. The monoisotopic (exact) mass is 325 g/mol. The van der Waals surface area contributed by atoms with Crippen molar-refractivity contribution in [3.63, 3.8) is 0 Å². The lowest BCUT2D eigenvalue weighted by molar-refractivity contribution is 0.196. The molecule has 2 aromatic heterocycles. The van der Waals surface area contributed by atoms with Gasteiger partial charge in [-0.2, -0.15) is 0 Å². The molecule has 0 atom stereocenters. The van der Waals surface area contributed by atoms with Gasteiger partial charge in [-0.1, -0.05) is 12.1 Å². The van der Waals surface area contributed by atoms with Crippen molar-refractivity contribution in [1.29, 1.82) is 0 Å². The van der Waals surface area contributed by atoms with E-state index in [4.69, 9.17) is 9.26 Å². The number of nitrogens with zero attached hydrogens (tertiary/aromatic N) is 2. The minimum absolute atomic E-state index is 0.0714. The highest BCUT2D eigenvalue weighted by molar-refractivity contribution is 5.75. The Labute approximate surface area is 137 Å². The number of amides is 1. The zero-order valence-corrected chi connectivity index (χ0v) is 12.7. The van der Waals surface area contributed by atoms with Crippen LogP contribution in [-0.4, -0.2) is 27.9 Å². The largest absolute Gasteiger partial charge is 0.508 e. The first-order chi connectivity index (χ1) is 11.7. The fourth-order valence-corrected chi connectivity index (χ4v) is 2.11. The molecule has 0 aliphatic carbocycles. The fraction of sp³-hybridized carbons (Fsp3) is 0.118. The van der Waals surface area contributed by atoms with Gasteiger partial charge in [-0.05, 0) is 47.0 Å². The molecule has 0 bridgehead atoms. The van der Waals surface area contributed by atoms with Gasteiger partial charge in [0.05, 0.1) is 5.56 Å². The molecule has 0 saturated carbocycles. The Morgan fingerprint density at radius 3 is 2.67 bits per heavy atom. The molecule has 0 unspecified atom stereocenters. The number of aromatic nitrogens is 2. The number of benzene rings is 1. The zero-order chi connectivity index (χ0) is 16.8. The maximum atomic E-state index is 11.9. The molecule has 7 heteroatoms. The third-order valence-electron chi connectivity index (χ3n) is 3.34. The zero-order valence-electron chi connectivity index (χ0n) is 12.7. The molecule has 3 rings (SSSR count). The van der Waals surface area contributed by atoms with Crippen LogP contribution in [0.3, 0.4) is 0 Å². The van der Waals surface area contributed by atoms with E-state index in [0.717, 1.165) is 5.56 Å². The van der Waals surface area contributed by atoms with Crippen LogP contribution in [0.5, 0.6) is 11.6 Å². The van der Waals surface area contributed by atoms with Crippen molar-refractivity contribution in [2.45, 2.75) is 6.42 Å². The van der Waals surface area contributed by atoms with Crippen molar-refractivity contribution in [2.24, 2.45) is 0 Å². The van der Waals surface area contributed by atoms with Crippen LogP contribution in [0, 0.1) is 0 Å². The minimum atomic E-state index is -0.613. The third-order valence-corrected chi connectivity index (χ3v) is 3.34. The van der Waals surface area contributed by atoms with Crippen LogP contribution in [0.25, 0.3) is 11.1 Å². The Morgan fingerprint density at radius 1 is 1.17 bits per heavy atom. The van der Waals surface area contributed by atoms with E-state index in [9.17, 15) is 9.90 Å². The second-order valence-corrected chi connectivity index (χ2v) is 5.00. The van der Waals surface area contributed by atoms with Crippen molar-refractivity contribution in [3.8, 4) is 22.8 Å². The molecule has 2 heterocycles. The summed E-state index contributed by atoms with van der Waals surface area (Å²) in [4.78, 5) is 15.8. The Kier molecular flexibility index (Phi) is 4.71. The summed E-state index contributed by atoms with van der Waals surface area (Å²) in [5.41, 5.74) is 2.31. The molecule has 0 fully saturated rings. The van der Waals surface area contributed by atoms with Crippen molar-refractivity contribution in [3.05, 3.63) is 60.6 Å². The van der Waals surface area contributed by atoms with Gasteiger partial charge in [0.25, 0.3) is 5.88 Å². The van der Waals surface area contributed by atoms with Crippen molar-refractivity contribution < 1.29 is 19.2 Å². The van der Waals surface area contributed by atoms with Crippen LogP contribution < -0.4 is 10.1 Å². The number of phenolic OH excluding ortho intramolecular Hbond substituents is 1. The summed E-state index contributed by atoms with van der Waals surface area (Å²) in [6.45, 7) is 0.426. The second kappa shape index (κ2) is 7.28. The van der Waals surface area contributed by atoms with E-state index in [1.54, 1.807) is 24.5 Å². The lowest BCUT2D eigenvalue weighted by atomic mass is 10.1. The van der Waals surface area contributed by atoms with E-state index in [1.165, 1.54) is 18.4 Å². The molecule has 0 radical (unpaired) electrons. The molecular weight excluding hydrogens is 310 g/mol. The molecule has 0 aliphatic rings. The van der Waals surface area contributed by atoms with Gasteiger partial charge in [0.1, 0.15) is 12.0 Å². The van der Waals surface area contributed by atoms with Crippen LogP contribution in [-0.2, 0) is 6.42 Å². The van der Waals surface area contributed by atoms with Gasteiger partial charge in [0.2, 0.25) is 0 Å². The first-order valence-corrected chi connectivity index (χ1v) is 7.31. The average Bonchev–Trinajstić information content (AvgIpc) is 3.04. The van der Waals surface area contributed by atoms with E-state index in [2.05, 4.69) is 15.5 Å². The number of pyridine rings is 1. The number of aromatic hydroxyl groups is 1. The third kappa shape index (κ3) is 3.89. The Bertz CT molecular complexity index is 800. The van der Waals surface area contributed by atoms with Gasteiger partial charge in [-0.25, -0.2) is 4.79 Å². The van der Waals surface area contributed by atoms with E-state index in [1.807, 2.05) is 12.1 Å². The molecule has 122 valence electrons. The molecule has 2 N–H and O–H groups in total. The summed E-state index contributed by atoms with van der Waals surface area (Å²) in [5.74, 6) is 0.216. The summed E-state index contributed by atoms with van der Waals surface area (Å²) in [5, 5.41) is 15.7. The van der Waals surface area contributed by atoms with Gasteiger partial charge in [0.15, 0.2) is 0 Å². The van der Waals surface area contributed by atoms with Crippen LogP contribution >= 0.6 is 0 Å². The number of hydrogen-bond acceptors (Lipinski definition) is 6. The van der Waals surface area contributed by atoms with Crippen LogP contribution in [0.2, 0.25) is 0 Å². The first-order valence-electron chi connectivity index (χ1n) is 7.31. The van der Waals surface area contributed by atoms with Crippen molar-refractivity contribution >= 4 is 6.09 Å². The van der Waals surface area contributed by atoms with Crippen molar-refractivity contribution in [2.75, 3.05) is 6.54 Å². The number of ether oxygens (including phenoxy) is 1. The highest BCUT2D eigenvalue weighted by atomic mass is 16.6. The van der Waals surface area contributed by atoms with Crippen LogP contribution in [0.4, 0.5) is 4.79 Å². The Hall–Kier alpha value is -3.35. The van der Waals surface area contributed by atoms with Gasteiger partial charge in [-0.15, -0.1) is 0 Å². The molecule has 24 heavy (non-hydrogen) atoms. The fourth-order valence-electron chi connectivity index (χ4n) is 2.11. The Balaban J connectivity index is 1.57. The maximum Gasteiger partial charge on any atom is 0.414 e. The molecular formula is C17H15N3O4. The van der Waals surface area contributed by atoms with E-state index in [0.29, 0.717) is 24.1 Å². The number of carbonyl (C=O) groups is 1. The predicted octanol–water partition coefficient (Wildman–Crippen LogP) is 2.77. The van der Waals surface area contributed by atoms with E-state index in [-0.39, 0.29) is 11.6 Å². The Morgan fingerprint density at radius 2 is 1.92 bits per heavy atom. The number of nitrogens with one attached hydrogen (secondary N) is 1. The van der Waals surface area contributed by atoms with Gasteiger partial charge in [-0.3, -0.25) is 4.98 Å². The number of hydrogen-bond donors (Lipinski definition) is 2. The summed E-state index contributed by atoms with van der Waals surface area (Å²) in [6.07, 6.45) is 4.84. The summed E-state index contributed by atoms with van der Waals surface area (Å²) < 4.78 is 10.1. The second-order valence-electron chi connectivity index (χ2n) is 5.00. The van der Waals surface area contributed by atoms with Crippen molar-refractivity contribution in [1.82, 2.24) is 15.5 Å². The first kappa shape index (κ1) is 15.5. The summed E-state index contributed by atoms with van der Waals surface area (Å²) >= 11 is 0. The number of rotatable bonds is 5. The van der Waals surface area contributed by atoms with Crippen LogP contribution in [0.1, 0.15) is 5.56 Å². The van der Waals surface area contributed by atoms with E-state index < -0.39 is 6.09 Å². The minimum Gasteiger partial charge on any atom is -0.508 e. The summed E-state index contributed by atoms with van der Waals surface area (Å²) in [7, 11) is 0. The number of carbonyl (C=O) groups excluding carboxylic acids is 1. The molecule has 0 aliphatic heterocycles. The predicted molar refractivity (Wildman–Crippen MR) is 85.6 cm³/mol. The lowest BCUT2D eigenvalue weighted by Crippen LogP contribution is -2.29. The van der Waals surface area contributed by atoms with Crippen LogP contribution in [0.15, 0.2) is 59.6 Å². The van der Waals surface area contributed by atoms with Gasteiger partial charge in [0, 0.05) is 18.9 Å². The van der Waals surface area contributed by atoms with Gasteiger partial charge >= 0.3 is 6.09 Å². The molecule has 0 saturated heterocycles. The quantitative estimate of drug-likeness (QED) is 0.748. The normalized spacial score (nSPS) is 10.3. The average molecular weight is 325 g/mol. The standard InChI is InChI=1S/C17H15N3O4/c21-14-3-1-13(2-4-14)15-11-23-20-16(15)24-17(22)19-10-7-12-5-8-18-9-6-12/h1-6,8-9,11,21H,7,10H2,(H,19,22). The maximum absolute atomic E-state index is 11.9.